The fraction of sp³-hybridized carbons (Fsp3) is 0.0952. The van der Waals surface area contributed by atoms with Crippen molar-refractivity contribution in [2.24, 2.45) is 5.10 Å². The average molecular weight is 341 g/mol. The highest BCUT2D eigenvalue weighted by molar-refractivity contribution is 5.82. The van der Waals surface area contributed by atoms with Crippen molar-refractivity contribution in [1.29, 1.82) is 0 Å². The number of aryl methyl sites for hydroxylation is 1. The lowest BCUT2D eigenvalue weighted by atomic mass is 10.1. The monoisotopic (exact) mass is 341 g/mol. The van der Waals surface area contributed by atoms with E-state index in [1.54, 1.807) is 17.3 Å². The van der Waals surface area contributed by atoms with E-state index in [1.807, 2.05) is 12.3 Å². The molecule has 4 aromatic rings. The molecule has 0 aliphatic carbocycles. The number of hydrogen-bond donors (Lipinski definition) is 0. The minimum Gasteiger partial charge on any atom is -0.318 e. The molecular weight excluding hydrogens is 322 g/mol. The van der Waals surface area contributed by atoms with Gasteiger partial charge in [-0.3, -0.25) is 0 Å². The molecular formula is C21H19N5. The minimum atomic E-state index is 1.07. The molecule has 4 rings (SSSR count). The zero-order valence-corrected chi connectivity index (χ0v) is 14.7. The van der Waals surface area contributed by atoms with Crippen LogP contribution in [0.3, 0.4) is 0 Å². The Balaban J connectivity index is 1.66. The Morgan fingerprint density at radius 3 is 2.19 bits per heavy atom. The number of aromatic nitrogens is 4. The maximum Gasteiger partial charge on any atom is 0.141 e. The third-order valence-electron chi connectivity index (χ3n) is 4.44. The SMILES string of the molecule is Cc1cc(/C=N/n2cnnc2)c(C)n1-c1ccc(-c2ccccc2)cc1. The molecule has 0 atom stereocenters. The molecule has 0 saturated carbocycles. The number of benzene rings is 2. The second kappa shape index (κ2) is 6.80. The molecule has 5 heteroatoms. The first-order valence-electron chi connectivity index (χ1n) is 8.46. The summed E-state index contributed by atoms with van der Waals surface area (Å²) in [5, 5.41) is 11.9. The lowest BCUT2D eigenvalue weighted by Gasteiger charge is -2.11. The van der Waals surface area contributed by atoms with E-state index in [0.29, 0.717) is 0 Å². The van der Waals surface area contributed by atoms with Gasteiger partial charge in [0, 0.05) is 22.6 Å². The number of nitrogens with zero attached hydrogens (tertiary/aromatic N) is 5. The molecule has 5 nitrogen and oxygen atoms in total. The predicted molar refractivity (Wildman–Crippen MR) is 104 cm³/mol. The van der Waals surface area contributed by atoms with Gasteiger partial charge in [0.2, 0.25) is 0 Å². The summed E-state index contributed by atoms with van der Waals surface area (Å²) in [6.07, 6.45) is 4.97. The summed E-state index contributed by atoms with van der Waals surface area (Å²) < 4.78 is 3.82. The molecule has 0 fully saturated rings. The van der Waals surface area contributed by atoms with Gasteiger partial charge in [-0.15, -0.1) is 10.2 Å². The van der Waals surface area contributed by atoms with Crippen LogP contribution in [-0.2, 0) is 0 Å². The fourth-order valence-corrected chi connectivity index (χ4v) is 3.13. The number of rotatable bonds is 4. The number of hydrogen-bond acceptors (Lipinski definition) is 3. The van der Waals surface area contributed by atoms with E-state index in [2.05, 4.69) is 88.3 Å². The van der Waals surface area contributed by atoms with Crippen LogP contribution in [0.1, 0.15) is 17.0 Å². The van der Waals surface area contributed by atoms with Crippen molar-refractivity contribution in [3.63, 3.8) is 0 Å². The van der Waals surface area contributed by atoms with Crippen LogP contribution < -0.4 is 0 Å². The molecule has 0 aliphatic heterocycles. The third kappa shape index (κ3) is 3.07. The molecule has 0 unspecified atom stereocenters. The summed E-state index contributed by atoms with van der Waals surface area (Å²) >= 11 is 0. The molecule has 0 spiro atoms. The Labute approximate surface area is 152 Å². The molecule has 26 heavy (non-hydrogen) atoms. The van der Waals surface area contributed by atoms with Crippen molar-refractivity contribution in [1.82, 2.24) is 19.4 Å². The highest BCUT2D eigenvalue weighted by atomic mass is 15.4. The van der Waals surface area contributed by atoms with Crippen LogP contribution in [0, 0.1) is 13.8 Å². The summed E-state index contributed by atoms with van der Waals surface area (Å²) in [5.74, 6) is 0. The van der Waals surface area contributed by atoms with Gasteiger partial charge in [-0.05, 0) is 43.2 Å². The van der Waals surface area contributed by atoms with Gasteiger partial charge in [0.1, 0.15) is 12.7 Å². The molecule has 2 aromatic heterocycles. The van der Waals surface area contributed by atoms with E-state index < -0.39 is 0 Å². The lowest BCUT2D eigenvalue weighted by Crippen LogP contribution is -1.99. The maximum atomic E-state index is 4.35. The molecule has 0 radical (unpaired) electrons. The van der Waals surface area contributed by atoms with Crippen LogP contribution in [-0.4, -0.2) is 25.7 Å². The second-order valence-corrected chi connectivity index (χ2v) is 6.16. The van der Waals surface area contributed by atoms with Crippen molar-refractivity contribution < 1.29 is 0 Å². The first kappa shape index (κ1) is 16.0. The molecule has 0 saturated heterocycles. The predicted octanol–water partition coefficient (Wildman–Crippen LogP) is 4.23. The largest absolute Gasteiger partial charge is 0.318 e. The van der Waals surface area contributed by atoms with Crippen LogP contribution in [0.4, 0.5) is 0 Å². The van der Waals surface area contributed by atoms with E-state index in [1.165, 1.54) is 16.8 Å². The van der Waals surface area contributed by atoms with E-state index in [0.717, 1.165) is 16.9 Å². The quantitative estimate of drug-likeness (QED) is 0.521. The van der Waals surface area contributed by atoms with Gasteiger partial charge in [-0.25, -0.2) is 4.68 Å². The molecule has 0 aliphatic rings. The molecule has 2 heterocycles. The molecule has 0 amide bonds. The van der Waals surface area contributed by atoms with Crippen molar-refractivity contribution >= 4 is 6.21 Å². The normalized spacial score (nSPS) is 11.3. The van der Waals surface area contributed by atoms with Gasteiger partial charge in [0.25, 0.3) is 0 Å². The summed E-state index contributed by atoms with van der Waals surface area (Å²) in [6.45, 7) is 4.21. The Kier molecular flexibility index (Phi) is 4.19. The van der Waals surface area contributed by atoms with Crippen LogP contribution in [0.25, 0.3) is 16.8 Å². The smallest absolute Gasteiger partial charge is 0.141 e. The summed E-state index contributed by atoms with van der Waals surface area (Å²) in [4.78, 5) is 0. The zero-order chi connectivity index (χ0) is 17.9. The van der Waals surface area contributed by atoms with Gasteiger partial charge in [0.15, 0.2) is 0 Å². The van der Waals surface area contributed by atoms with E-state index in [9.17, 15) is 0 Å². The standard InChI is InChI=1S/C21H19N5/c1-16-12-20(13-24-25-14-22-23-15-25)17(2)26(16)21-10-8-19(9-11-21)18-6-4-3-5-7-18/h3-15H,1-2H3/b24-13+. The fourth-order valence-electron chi connectivity index (χ4n) is 3.13. The van der Waals surface area contributed by atoms with E-state index in [4.69, 9.17) is 0 Å². The zero-order valence-electron chi connectivity index (χ0n) is 14.7. The van der Waals surface area contributed by atoms with Crippen molar-refractivity contribution in [3.8, 4) is 16.8 Å². The van der Waals surface area contributed by atoms with E-state index in [-0.39, 0.29) is 0 Å². The van der Waals surface area contributed by atoms with Crippen LogP contribution in [0.2, 0.25) is 0 Å². The van der Waals surface area contributed by atoms with Crippen molar-refractivity contribution in [3.05, 3.63) is 90.3 Å². The van der Waals surface area contributed by atoms with Crippen molar-refractivity contribution in [2.75, 3.05) is 0 Å². The van der Waals surface area contributed by atoms with Gasteiger partial charge < -0.3 is 4.57 Å². The summed E-state index contributed by atoms with van der Waals surface area (Å²) in [7, 11) is 0. The first-order valence-corrected chi connectivity index (χ1v) is 8.46. The minimum absolute atomic E-state index is 1.07. The summed E-state index contributed by atoms with van der Waals surface area (Å²) in [6, 6.07) is 21.2. The Hall–Kier alpha value is -3.47. The molecule has 0 N–H and O–H groups in total. The van der Waals surface area contributed by atoms with Gasteiger partial charge in [0.05, 0.1) is 6.21 Å². The van der Waals surface area contributed by atoms with Crippen LogP contribution >= 0.6 is 0 Å². The third-order valence-corrected chi connectivity index (χ3v) is 4.44. The highest BCUT2D eigenvalue weighted by Gasteiger charge is 2.09. The second-order valence-electron chi connectivity index (χ2n) is 6.16. The maximum absolute atomic E-state index is 4.35. The summed E-state index contributed by atoms with van der Waals surface area (Å²) in [5.41, 5.74) is 6.96. The van der Waals surface area contributed by atoms with Crippen molar-refractivity contribution in [2.45, 2.75) is 13.8 Å². The first-order chi connectivity index (χ1) is 12.7. The average Bonchev–Trinajstić information content (AvgIpc) is 3.29. The molecule has 128 valence electrons. The Morgan fingerprint density at radius 2 is 1.50 bits per heavy atom. The Bertz CT molecular complexity index is 1030. The topological polar surface area (TPSA) is 48.0 Å². The van der Waals surface area contributed by atoms with Gasteiger partial charge >= 0.3 is 0 Å². The van der Waals surface area contributed by atoms with Crippen LogP contribution in [0.15, 0.2) is 78.4 Å². The highest BCUT2D eigenvalue weighted by Crippen LogP contribution is 2.24. The van der Waals surface area contributed by atoms with Gasteiger partial charge in [-0.2, -0.15) is 5.10 Å². The van der Waals surface area contributed by atoms with Gasteiger partial charge in [-0.1, -0.05) is 42.5 Å². The van der Waals surface area contributed by atoms with Crippen LogP contribution in [0.5, 0.6) is 0 Å². The Morgan fingerprint density at radius 1 is 0.846 bits per heavy atom. The lowest BCUT2D eigenvalue weighted by molar-refractivity contribution is 0.877. The van der Waals surface area contributed by atoms with E-state index >= 15 is 0 Å². The molecule has 0 bridgehead atoms. The molecule has 2 aromatic carbocycles.